The van der Waals surface area contributed by atoms with Crippen LogP contribution in [0, 0.1) is 0 Å². The number of carboxylic acid groups (broad SMARTS) is 1. The molecule has 16 heavy (non-hydrogen) atoms. The third-order valence-corrected chi connectivity index (χ3v) is 3.98. The lowest BCUT2D eigenvalue weighted by Gasteiger charge is -2.23. The lowest BCUT2D eigenvalue weighted by Crippen LogP contribution is -2.06. The van der Waals surface area contributed by atoms with Crippen LogP contribution >= 0.6 is 15.9 Å². The van der Waals surface area contributed by atoms with Crippen molar-refractivity contribution in [2.24, 2.45) is 0 Å². The second-order valence-electron chi connectivity index (χ2n) is 4.38. The van der Waals surface area contributed by atoms with Crippen LogP contribution in [0.15, 0.2) is 22.7 Å². The van der Waals surface area contributed by atoms with Crippen molar-refractivity contribution in [1.29, 1.82) is 0 Å². The van der Waals surface area contributed by atoms with E-state index in [0.717, 1.165) is 4.47 Å². The highest BCUT2D eigenvalue weighted by Gasteiger charge is 2.18. The molecule has 1 aromatic carbocycles. The quantitative estimate of drug-likeness (QED) is 0.883. The van der Waals surface area contributed by atoms with Crippen LogP contribution in [0.5, 0.6) is 0 Å². The molecule has 1 aromatic rings. The van der Waals surface area contributed by atoms with E-state index >= 15 is 0 Å². The molecular weight excluding hydrogens is 268 g/mol. The Kier molecular flexibility index (Phi) is 3.64. The predicted molar refractivity (Wildman–Crippen MR) is 66.9 cm³/mol. The number of benzene rings is 1. The second-order valence-corrected chi connectivity index (χ2v) is 5.23. The second kappa shape index (κ2) is 5.00. The lowest BCUT2D eigenvalue weighted by molar-refractivity contribution is 0.0697. The van der Waals surface area contributed by atoms with Gasteiger partial charge in [0.15, 0.2) is 0 Å². The van der Waals surface area contributed by atoms with Crippen LogP contribution < -0.4 is 0 Å². The SMILES string of the molecule is O=C(O)c1ccc(C2CCCCC2)c(Br)c1. The summed E-state index contributed by atoms with van der Waals surface area (Å²) in [4.78, 5) is 10.8. The third kappa shape index (κ3) is 2.46. The highest BCUT2D eigenvalue weighted by atomic mass is 79.9. The van der Waals surface area contributed by atoms with Crippen LogP contribution in [-0.2, 0) is 0 Å². The van der Waals surface area contributed by atoms with Crippen LogP contribution in [0.3, 0.4) is 0 Å². The van der Waals surface area contributed by atoms with Crippen molar-refractivity contribution >= 4 is 21.9 Å². The number of rotatable bonds is 2. The molecule has 1 aliphatic rings. The van der Waals surface area contributed by atoms with Gasteiger partial charge in [0, 0.05) is 4.47 Å². The first-order chi connectivity index (χ1) is 7.68. The zero-order valence-corrected chi connectivity index (χ0v) is 10.7. The molecule has 1 aliphatic carbocycles. The van der Waals surface area contributed by atoms with Crippen LogP contribution in [0.2, 0.25) is 0 Å². The fourth-order valence-electron chi connectivity index (χ4n) is 2.40. The molecule has 0 aromatic heterocycles. The summed E-state index contributed by atoms with van der Waals surface area (Å²) in [6.45, 7) is 0. The zero-order valence-electron chi connectivity index (χ0n) is 9.08. The van der Waals surface area contributed by atoms with Crippen LogP contribution in [0.4, 0.5) is 0 Å². The van der Waals surface area contributed by atoms with Gasteiger partial charge in [-0.25, -0.2) is 4.79 Å². The van der Waals surface area contributed by atoms with Gasteiger partial charge in [-0.15, -0.1) is 0 Å². The normalized spacial score (nSPS) is 17.3. The van der Waals surface area contributed by atoms with Crippen molar-refractivity contribution in [1.82, 2.24) is 0 Å². The Morgan fingerprint density at radius 2 is 1.94 bits per heavy atom. The van der Waals surface area contributed by atoms with Crippen LogP contribution in [0.1, 0.15) is 53.9 Å². The van der Waals surface area contributed by atoms with Crippen molar-refractivity contribution in [3.05, 3.63) is 33.8 Å². The predicted octanol–water partition coefficient (Wildman–Crippen LogP) is 4.20. The minimum absolute atomic E-state index is 0.353. The summed E-state index contributed by atoms with van der Waals surface area (Å²) in [7, 11) is 0. The van der Waals surface area contributed by atoms with E-state index in [4.69, 9.17) is 5.11 Å². The highest BCUT2D eigenvalue weighted by molar-refractivity contribution is 9.10. The molecule has 1 fully saturated rings. The first-order valence-corrected chi connectivity index (χ1v) is 6.50. The van der Waals surface area contributed by atoms with E-state index < -0.39 is 5.97 Å². The van der Waals surface area contributed by atoms with Gasteiger partial charge in [0.2, 0.25) is 0 Å². The maximum Gasteiger partial charge on any atom is 0.335 e. The Hall–Kier alpha value is -0.830. The average molecular weight is 283 g/mol. The topological polar surface area (TPSA) is 37.3 Å². The van der Waals surface area contributed by atoms with Crippen LogP contribution in [0.25, 0.3) is 0 Å². The van der Waals surface area contributed by atoms with Crippen molar-refractivity contribution in [2.45, 2.75) is 38.0 Å². The number of hydrogen-bond acceptors (Lipinski definition) is 1. The van der Waals surface area contributed by atoms with Crippen molar-refractivity contribution in [3.8, 4) is 0 Å². The van der Waals surface area contributed by atoms with Gasteiger partial charge in [-0.1, -0.05) is 41.3 Å². The minimum atomic E-state index is -0.865. The molecule has 2 rings (SSSR count). The van der Waals surface area contributed by atoms with Gasteiger partial charge in [0.1, 0.15) is 0 Å². The smallest absolute Gasteiger partial charge is 0.335 e. The van der Waals surface area contributed by atoms with Gasteiger partial charge < -0.3 is 5.11 Å². The molecule has 0 spiro atoms. The molecule has 0 aliphatic heterocycles. The molecule has 0 radical (unpaired) electrons. The Labute approximate surface area is 104 Å². The van der Waals surface area contributed by atoms with E-state index in [1.165, 1.54) is 37.7 Å². The van der Waals surface area contributed by atoms with Gasteiger partial charge in [0.05, 0.1) is 5.56 Å². The Balaban J connectivity index is 2.24. The maximum absolute atomic E-state index is 10.8. The first kappa shape index (κ1) is 11.6. The summed E-state index contributed by atoms with van der Waals surface area (Å²) in [5.74, 6) is -0.262. The van der Waals surface area contributed by atoms with Gasteiger partial charge >= 0.3 is 5.97 Å². The molecular formula is C13H15BrO2. The van der Waals surface area contributed by atoms with Gasteiger partial charge in [-0.2, -0.15) is 0 Å². The number of halogens is 1. The summed E-state index contributed by atoms with van der Waals surface area (Å²) < 4.78 is 0.944. The summed E-state index contributed by atoms with van der Waals surface area (Å²) in [6.07, 6.45) is 6.37. The molecule has 1 saturated carbocycles. The molecule has 86 valence electrons. The standard InChI is InChI=1S/C13H15BrO2/c14-12-8-10(13(15)16)6-7-11(12)9-4-2-1-3-5-9/h6-9H,1-5H2,(H,15,16). The Morgan fingerprint density at radius 3 is 2.50 bits per heavy atom. The van der Waals surface area contributed by atoms with Crippen LogP contribution in [-0.4, -0.2) is 11.1 Å². The molecule has 2 nitrogen and oxygen atoms in total. The molecule has 0 atom stereocenters. The molecule has 0 saturated heterocycles. The summed E-state index contributed by atoms with van der Waals surface area (Å²) in [6, 6.07) is 5.38. The van der Waals surface area contributed by atoms with Crippen molar-refractivity contribution in [2.75, 3.05) is 0 Å². The molecule has 0 bridgehead atoms. The number of carbonyl (C=O) groups is 1. The van der Waals surface area contributed by atoms with E-state index in [9.17, 15) is 4.79 Å². The maximum atomic E-state index is 10.8. The molecule has 3 heteroatoms. The van der Waals surface area contributed by atoms with Crippen molar-refractivity contribution in [3.63, 3.8) is 0 Å². The van der Waals surface area contributed by atoms with E-state index in [0.29, 0.717) is 11.5 Å². The summed E-state index contributed by atoms with van der Waals surface area (Å²) in [5, 5.41) is 8.89. The lowest BCUT2D eigenvalue weighted by atomic mass is 9.84. The highest BCUT2D eigenvalue weighted by Crippen LogP contribution is 2.36. The average Bonchev–Trinajstić information content (AvgIpc) is 2.30. The number of aromatic carboxylic acids is 1. The number of carboxylic acids is 1. The summed E-state index contributed by atoms with van der Waals surface area (Å²) >= 11 is 3.49. The Morgan fingerprint density at radius 1 is 1.25 bits per heavy atom. The third-order valence-electron chi connectivity index (χ3n) is 3.29. The molecule has 0 amide bonds. The van der Waals surface area contributed by atoms with Crippen molar-refractivity contribution < 1.29 is 9.90 Å². The first-order valence-electron chi connectivity index (χ1n) is 5.71. The zero-order chi connectivity index (χ0) is 11.5. The van der Waals surface area contributed by atoms with E-state index in [2.05, 4.69) is 15.9 Å². The molecule has 0 unspecified atom stereocenters. The molecule has 0 heterocycles. The van der Waals surface area contributed by atoms with E-state index in [-0.39, 0.29) is 0 Å². The largest absolute Gasteiger partial charge is 0.478 e. The van der Waals surface area contributed by atoms with E-state index in [1.54, 1.807) is 12.1 Å². The minimum Gasteiger partial charge on any atom is -0.478 e. The number of hydrogen-bond donors (Lipinski definition) is 1. The van der Waals surface area contributed by atoms with E-state index in [1.807, 2.05) is 6.07 Å². The van der Waals surface area contributed by atoms with Gasteiger partial charge in [0.25, 0.3) is 0 Å². The van der Waals surface area contributed by atoms with Gasteiger partial charge in [-0.3, -0.25) is 0 Å². The Bertz CT molecular complexity index is 395. The fourth-order valence-corrected chi connectivity index (χ4v) is 3.11. The van der Waals surface area contributed by atoms with Gasteiger partial charge in [-0.05, 0) is 36.5 Å². The fraction of sp³-hybridized carbons (Fsp3) is 0.462. The molecule has 1 N–H and O–H groups in total. The monoisotopic (exact) mass is 282 g/mol. The summed E-state index contributed by atoms with van der Waals surface area (Å²) in [5.41, 5.74) is 1.62.